The maximum Gasteiger partial charge on any atom is 0.296 e. The topological polar surface area (TPSA) is 74.3 Å². The molecule has 3 heterocycles. The highest BCUT2D eigenvalue weighted by Crippen LogP contribution is 2.38. The summed E-state index contributed by atoms with van der Waals surface area (Å²) in [5.74, 6) is 0.423. The highest BCUT2D eigenvalue weighted by molar-refractivity contribution is 8.27. The Morgan fingerprint density at radius 2 is 1.57 bits per heavy atom. The van der Waals surface area contributed by atoms with Gasteiger partial charge in [0, 0.05) is 24.4 Å². The average molecular weight is 594 g/mol. The molecule has 0 atom stereocenters. The van der Waals surface area contributed by atoms with Crippen LogP contribution in [0.3, 0.4) is 0 Å². The largest absolute Gasteiger partial charge is 0.494 e. The normalized spacial score (nSPS) is 14.3. The Morgan fingerprint density at radius 1 is 0.929 bits per heavy atom. The molecular weight excluding hydrogens is 567 g/mol. The van der Waals surface area contributed by atoms with Crippen molar-refractivity contribution in [2.75, 3.05) is 11.5 Å². The average Bonchev–Trinajstić information content (AvgIpc) is 3.62. The van der Waals surface area contributed by atoms with Crippen molar-refractivity contribution in [2.24, 2.45) is 7.05 Å². The van der Waals surface area contributed by atoms with Crippen LogP contribution >= 0.6 is 24.0 Å². The van der Waals surface area contributed by atoms with Gasteiger partial charge in [-0.15, -0.1) is 0 Å². The van der Waals surface area contributed by atoms with Crippen LogP contribution in [-0.4, -0.2) is 36.0 Å². The zero-order valence-electron chi connectivity index (χ0n) is 23.2. The van der Waals surface area contributed by atoms with Crippen molar-refractivity contribution in [1.29, 1.82) is 0 Å². The van der Waals surface area contributed by atoms with E-state index in [4.69, 9.17) is 22.1 Å². The van der Waals surface area contributed by atoms with Gasteiger partial charge in [-0.3, -0.25) is 19.2 Å². The number of anilines is 1. The van der Waals surface area contributed by atoms with E-state index in [1.54, 1.807) is 27.2 Å². The van der Waals surface area contributed by atoms with Crippen LogP contribution in [-0.2, 0) is 11.8 Å². The summed E-state index contributed by atoms with van der Waals surface area (Å²) in [7, 11) is 1.79. The summed E-state index contributed by atoms with van der Waals surface area (Å²) in [6, 6.07) is 26.8. The highest BCUT2D eigenvalue weighted by atomic mass is 32.2. The number of para-hydroxylation sites is 2. The molecule has 42 heavy (non-hydrogen) atoms. The molecular formula is C32H27N5O3S2. The van der Waals surface area contributed by atoms with Crippen molar-refractivity contribution in [3.63, 3.8) is 0 Å². The molecule has 1 aliphatic heterocycles. The van der Waals surface area contributed by atoms with Gasteiger partial charge in [0.25, 0.3) is 11.5 Å². The first-order valence-electron chi connectivity index (χ1n) is 13.4. The molecule has 1 saturated heterocycles. The van der Waals surface area contributed by atoms with E-state index in [2.05, 4.69) is 0 Å². The number of thiocarbonyl (C=S) groups is 1. The Hall–Kier alpha value is -4.67. The zero-order chi connectivity index (χ0) is 29.4. The second-order valence-corrected chi connectivity index (χ2v) is 11.3. The van der Waals surface area contributed by atoms with Gasteiger partial charge in [0.1, 0.15) is 11.4 Å². The van der Waals surface area contributed by atoms with Crippen LogP contribution in [0, 0.1) is 6.92 Å². The molecule has 0 spiro atoms. The van der Waals surface area contributed by atoms with Gasteiger partial charge in [-0.2, -0.15) is 5.10 Å². The first-order valence-corrected chi connectivity index (χ1v) is 14.6. The molecule has 0 aliphatic carbocycles. The molecule has 0 radical (unpaired) electrons. The maximum absolute atomic E-state index is 13.9. The highest BCUT2D eigenvalue weighted by Gasteiger charge is 2.38. The lowest BCUT2D eigenvalue weighted by Gasteiger charge is -2.12. The summed E-state index contributed by atoms with van der Waals surface area (Å²) in [6.45, 7) is 4.33. The quantitative estimate of drug-likeness (QED) is 0.167. The van der Waals surface area contributed by atoms with E-state index in [0.717, 1.165) is 22.6 Å². The lowest BCUT2D eigenvalue weighted by atomic mass is 10.1. The van der Waals surface area contributed by atoms with Crippen LogP contribution in [0.15, 0.2) is 101 Å². The van der Waals surface area contributed by atoms with E-state index in [1.807, 2.05) is 105 Å². The van der Waals surface area contributed by atoms with Crippen LogP contribution in [0.2, 0.25) is 0 Å². The molecule has 210 valence electrons. The van der Waals surface area contributed by atoms with Crippen molar-refractivity contribution in [2.45, 2.75) is 13.8 Å². The minimum atomic E-state index is -0.346. The standard InChI is InChI=1S/C32H27N5O3S2/c1-4-40-26-17-15-22(16-18-26)28-23(20-35(33-28)24-11-7-5-8-12-24)19-27-30(38)36(32(41)42-27)29-21(2)34(3)37(31(29)39)25-13-9-6-10-14-25/h5-20H,4H2,1-3H3/b27-19+. The fourth-order valence-electron chi connectivity index (χ4n) is 4.92. The second kappa shape index (κ2) is 11.3. The lowest BCUT2D eigenvalue weighted by molar-refractivity contribution is -0.113. The minimum absolute atomic E-state index is 0.249. The number of hydrogen-bond donors (Lipinski definition) is 0. The maximum atomic E-state index is 13.9. The van der Waals surface area contributed by atoms with Gasteiger partial charge in [0.15, 0.2) is 4.32 Å². The van der Waals surface area contributed by atoms with Gasteiger partial charge in [-0.25, -0.2) is 9.36 Å². The smallest absolute Gasteiger partial charge is 0.296 e. The molecule has 10 heteroatoms. The Kier molecular flexibility index (Phi) is 7.40. The first-order chi connectivity index (χ1) is 20.4. The number of rotatable bonds is 7. The molecule has 0 bridgehead atoms. The number of carbonyl (C=O) groups is 1. The van der Waals surface area contributed by atoms with E-state index in [1.165, 1.54) is 16.7 Å². The van der Waals surface area contributed by atoms with Crippen LogP contribution in [0.25, 0.3) is 28.7 Å². The van der Waals surface area contributed by atoms with Gasteiger partial charge in [0.2, 0.25) is 0 Å². The number of hydrogen-bond acceptors (Lipinski definition) is 6. The number of carbonyl (C=O) groups excluding carboxylic acids is 1. The Labute approximate surface area is 252 Å². The SMILES string of the molecule is CCOc1ccc(-c2nn(-c3ccccc3)cc2/C=C2/SC(=S)N(c3c(C)n(C)n(-c4ccccc4)c3=O)C2=O)cc1. The lowest BCUT2D eigenvalue weighted by Crippen LogP contribution is -2.33. The third kappa shape index (κ3) is 4.88. The third-order valence-corrected chi connectivity index (χ3v) is 8.33. The predicted molar refractivity (Wildman–Crippen MR) is 172 cm³/mol. The Bertz CT molecular complexity index is 1890. The molecule has 8 nitrogen and oxygen atoms in total. The van der Waals surface area contributed by atoms with E-state index >= 15 is 0 Å². The fourth-order valence-corrected chi connectivity index (χ4v) is 6.18. The van der Waals surface area contributed by atoms with Gasteiger partial charge >= 0.3 is 0 Å². The van der Waals surface area contributed by atoms with Gasteiger partial charge < -0.3 is 4.74 Å². The number of aromatic nitrogens is 4. The number of amides is 1. The number of benzene rings is 3. The number of thioether (sulfide) groups is 1. The predicted octanol–water partition coefficient (Wildman–Crippen LogP) is 6.14. The van der Waals surface area contributed by atoms with Crippen LogP contribution < -0.4 is 15.2 Å². The summed E-state index contributed by atoms with van der Waals surface area (Å²) in [4.78, 5) is 29.3. The first kappa shape index (κ1) is 27.5. The van der Waals surface area contributed by atoms with E-state index in [0.29, 0.717) is 32.9 Å². The van der Waals surface area contributed by atoms with Crippen molar-refractivity contribution < 1.29 is 9.53 Å². The summed E-state index contributed by atoms with van der Waals surface area (Å²) in [6.07, 6.45) is 3.69. The van der Waals surface area contributed by atoms with Gasteiger partial charge in [-0.05, 0) is 68.5 Å². The molecule has 6 rings (SSSR count). The molecule has 1 fully saturated rings. The molecule has 1 aliphatic rings. The molecule has 0 unspecified atom stereocenters. The second-order valence-electron chi connectivity index (χ2n) is 9.60. The van der Waals surface area contributed by atoms with E-state index < -0.39 is 0 Å². The van der Waals surface area contributed by atoms with Gasteiger partial charge in [0.05, 0.1) is 34.3 Å². The fraction of sp³-hybridized carbons (Fsp3) is 0.125. The third-order valence-electron chi connectivity index (χ3n) is 7.03. The molecule has 5 aromatic rings. The Morgan fingerprint density at radius 3 is 2.21 bits per heavy atom. The zero-order valence-corrected chi connectivity index (χ0v) is 24.9. The molecule has 1 amide bonds. The van der Waals surface area contributed by atoms with Crippen LogP contribution in [0.4, 0.5) is 5.69 Å². The molecule has 2 aromatic heterocycles. The van der Waals surface area contributed by atoms with Crippen molar-refractivity contribution in [3.05, 3.63) is 118 Å². The van der Waals surface area contributed by atoms with Crippen LogP contribution in [0.5, 0.6) is 5.75 Å². The minimum Gasteiger partial charge on any atom is -0.494 e. The number of ether oxygens (including phenoxy) is 1. The molecule has 0 N–H and O–H groups in total. The van der Waals surface area contributed by atoms with E-state index in [-0.39, 0.29) is 17.2 Å². The Balaban J connectivity index is 1.42. The summed E-state index contributed by atoms with van der Waals surface area (Å²) >= 11 is 6.84. The van der Waals surface area contributed by atoms with E-state index in [9.17, 15) is 9.59 Å². The summed E-state index contributed by atoms with van der Waals surface area (Å²) in [5.41, 5.74) is 4.48. The summed E-state index contributed by atoms with van der Waals surface area (Å²) in [5, 5.41) is 4.87. The van der Waals surface area contributed by atoms with Gasteiger partial charge in [-0.1, -0.05) is 60.4 Å². The van der Waals surface area contributed by atoms with Crippen molar-refractivity contribution >= 4 is 46.0 Å². The summed E-state index contributed by atoms with van der Waals surface area (Å²) < 4.78 is 11.0. The number of nitrogens with zero attached hydrogens (tertiary/aromatic N) is 5. The monoisotopic (exact) mass is 593 g/mol. The van der Waals surface area contributed by atoms with Crippen molar-refractivity contribution in [3.8, 4) is 28.4 Å². The molecule has 0 saturated carbocycles. The molecule has 3 aromatic carbocycles. The van der Waals surface area contributed by atoms with Crippen LogP contribution in [0.1, 0.15) is 18.2 Å². The van der Waals surface area contributed by atoms with Crippen molar-refractivity contribution in [1.82, 2.24) is 19.1 Å².